The van der Waals surface area contributed by atoms with E-state index in [9.17, 15) is 9.59 Å². The quantitative estimate of drug-likeness (QED) is 0.354. The van der Waals surface area contributed by atoms with Crippen molar-refractivity contribution in [2.45, 2.75) is 44.3 Å². The third kappa shape index (κ3) is 6.21. The summed E-state index contributed by atoms with van der Waals surface area (Å²) >= 11 is 7.54. The second kappa shape index (κ2) is 11.2. The van der Waals surface area contributed by atoms with Gasteiger partial charge in [0.25, 0.3) is 0 Å². The van der Waals surface area contributed by atoms with E-state index in [2.05, 4.69) is 28.7 Å². The van der Waals surface area contributed by atoms with Crippen LogP contribution in [0.15, 0.2) is 11.2 Å². The lowest BCUT2D eigenvalue weighted by atomic mass is 10.1. The highest BCUT2D eigenvalue weighted by Gasteiger charge is 2.28. The number of hydrogen-bond donors (Lipinski definition) is 0. The number of nitrogens with zero attached hydrogens (tertiary/aromatic N) is 5. The van der Waals surface area contributed by atoms with E-state index in [0.717, 1.165) is 18.7 Å². The van der Waals surface area contributed by atoms with Gasteiger partial charge in [0, 0.05) is 51.3 Å². The summed E-state index contributed by atoms with van der Waals surface area (Å²) in [6.07, 6.45) is 2.56. The van der Waals surface area contributed by atoms with E-state index >= 15 is 0 Å². The van der Waals surface area contributed by atoms with Crippen molar-refractivity contribution in [3.05, 3.63) is 11.2 Å². The average Bonchev–Trinajstić information content (AvgIpc) is 2.76. The Hall–Kier alpha value is -1.58. The number of piperazine rings is 1. The number of anilines is 1. The van der Waals surface area contributed by atoms with E-state index in [0.29, 0.717) is 62.7 Å². The summed E-state index contributed by atoms with van der Waals surface area (Å²) in [7, 11) is 0. The number of ether oxygens (including phenoxy) is 1. The summed E-state index contributed by atoms with van der Waals surface area (Å²) < 4.78 is 5.29. The molecule has 0 radical (unpaired) electrons. The number of carbonyl (C=O) groups is 2. The molecule has 1 unspecified atom stereocenters. The highest BCUT2D eigenvalue weighted by molar-refractivity contribution is 7.99. The molecular weight excluding hydrogens is 426 g/mol. The van der Waals surface area contributed by atoms with Crippen LogP contribution in [0.3, 0.4) is 0 Å². The number of aromatic nitrogens is 2. The maximum atomic E-state index is 12.4. The van der Waals surface area contributed by atoms with Gasteiger partial charge in [-0.2, -0.15) is 0 Å². The molecule has 8 nitrogen and oxygen atoms in total. The molecule has 2 aliphatic rings. The molecule has 0 bridgehead atoms. The maximum absolute atomic E-state index is 12.4. The summed E-state index contributed by atoms with van der Waals surface area (Å²) in [5.41, 5.74) is 0. The summed E-state index contributed by atoms with van der Waals surface area (Å²) in [6.45, 7) is 8.64. The van der Waals surface area contributed by atoms with E-state index in [1.165, 1.54) is 11.8 Å². The summed E-state index contributed by atoms with van der Waals surface area (Å²) in [5.74, 6) is 1.29. The van der Waals surface area contributed by atoms with Crippen molar-refractivity contribution < 1.29 is 14.3 Å². The minimum absolute atomic E-state index is 0.0567. The molecule has 1 atom stereocenters. The molecule has 30 heavy (non-hydrogen) atoms. The summed E-state index contributed by atoms with van der Waals surface area (Å²) in [6, 6.07) is 1.85. The Kier molecular flexibility index (Phi) is 8.59. The van der Waals surface area contributed by atoms with Crippen molar-refractivity contribution in [2.24, 2.45) is 0 Å². The van der Waals surface area contributed by atoms with Gasteiger partial charge in [0.1, 0.15) is 11.0 Å². The van der Waals surface area contributed by atoms with Crippen LogP contribution in [0.25, 0.3) is 0 Å². The number of amides is 2. The zero-order valence-corrected chi connectivity index (χ0v) is 19.3. The first-order chi connectivity index (χ1) is 14.5. The molecule has 0 spiro atoms. The van der Waals surface area contributed by atoms with Crippen LogP contribution in [0.4, 0.5) is 5.82 Å². The highest BCUT2D eigenvalue weighted by Crippen LogP contribution is 2.24. The normalized spacial score (nSPS) is 19.8. The number of unbranched alkanes of at least 4 members (excludes halogenated alkanes) is 1. The van der Waals surface area contributed by atoms with Gasteiger partial charge < -0.3 is 19.4 Å². The molecule has 0 saturated carbocycles. The van der Waals surface area contributed by atoms with Gasteiger partial charge in [0.05, 0.1) is 19.0 Å². The molecule has 2 aliphatic heterocycles. The lowest BCUT2D eigenvalue weighted by Crippen LogP contribution is -2.54. The largest absolute Gasteiger partial charge is 0.378 e. The molecular formula is C20H30ClN5O3S. The first-order valence-electron chi connectivity index (χ1n) is 10.5. The monoisotopic (exact) mass is 455 g/mol. The Morgan fingerprint density at radius 3 is 2.67 bits per heavy atom. The minimum Gasteiger partial charge on any atom is -0.378 e. The predicted octanol–water partition coefficient (Wildman–Crippen LogP) is 2.31. The van der Waals surface area contributed by atoms with Gasteiger partial charge in [-0.3, -0.25) is 9.59 Å². The zero-order chi connectivity index (χ0) is 21.5. The fraction of sp³-hybridized carbons (Fsp3) is 0.700. The molecule has 10 heteroatoms. The second-order valence-electron chi connectivity index (χ2n) is 7.60. The predicted molar refractivity (Wildman–Crippen MR) is 118 cm³/mol. The van der Waals surface area contributed by atoms with E-state index in [1.54, 1.807) is 11.0 Å². The van der Waals surface area contributed by atoms with Crippen molar-refractivity contribution in [3.8, 4) is 0 Å². The smallest absolute Gasteiger partial charge is 0.233 e. The van der Waals surface area contributed by atoms with Crippen molar-refractivity contribution in [1.29, 1.82) is 0 Å². The van der Waals surface area contributed by atoms with E-state index in [1.807, 2.05) is 4.90 Å². The molecule has 0 N–H and O–H groups in total. The lowest BCUT2D eigenvalue weighted by molar-refractivity contribution is -0.134. The molecule has 2 saturated heterocycles. The molecule has 166 valence electrons. The first kappa shape index (κ1) is 23.1. The van der Waals surface area contributed by atoms with Crippen molar-refractivity contribution >= 4 is 41.0 Å². The van der Waals surface area contributed by atoms with Crippen LogP contribution >= 0.6 is 23.4 Å². The SMILES string of the molecule is CCCCC(=O)N1CCN(c2cc(Cl)nc(SCC(=O)N3CCOCC3)n2)CC1C. The summed E-state index contributed by atoms with van der Waals surface area (Å²) in [4.78, 5) is 39.6. The van der Waals surface area contributed by atoms with Gasteiger partial charge in [-0.15, -0.1) is 0 Å². The Labute approximate surface area is 187 Å². The van der Waals surface area contributed by atoms with Gasteiger partial charge in [0.2, 0.25) is 11.8 Å². The maximum Gasteiger partial charge on any atom is 0.233 e. The third-order valence-electron chi connectivity index (χ3n) is 5.37. The fourth-order valence-corrected chi connectivity index (χ4v) is 4.63. The number of carbonyl (C=O) groups excluding carboxylic acids is 2. The number of morpholine rings is 1. The Balaban J connectivity index is 1.58. The van der Waals surface area contributed by atoms with Gasteiger partial charge in [-0.1, -0.05) is 36.7 Å². The number of thioether (sulfide) groups is 1. The second-order valence-corrected chi connectivity index (χ2v) is 8.93. The van der Waals surface area contributed by atoms with Gasteiger partial charge >= 0.3 is 0 Å². The molecule has 1 aromatic rings. The van der Waals surface area contributed by atoms with Gasteiger partial charge in [-0.05, 0) is 13.3 Å². The summed E-state index contributed by atoms with van der Waals surface area (Å²) in [5, 5.41) is 0.851. The van der Waals surface area contributed by atoms with Crippen molar-refractivity contribution in [3.63, 3.8) is 0 Å². The van der Waals surface area contributed by atoms with Crippen molar-refractivity contribution in [2.75, 3.05) is 56.6 Å². The van der Waals surface area contributed by atoms with E-state index in [-0.39, 0.29) is 23.6 Å². The van der Waals surface area contributed by atoms with Gasteiger partial charge in [-0.25, -0.2) is 9.97 Å². The molecule has 0 aromatic carbocycles. The third-order valence-corrected chi connectivity index (χ3v) is 6.39. The Morgan fingerprint density at radius 1 is 1.20 bits per heavy atom. The lowest BCUT2D eigenvalue weighted by Gasteiger charge is -2.40. The number of hydrogen-bond acceptors (Lipinski definition) is 7. The zero-order valence-electron chi connectivity index (χ0n) is 17.7. The highest BCUT2D eigenvalue weighted by atomic mass is 35.5. The van der Waals surface area contributed by atoms with E-state index < -0.39 is 0 Å². The average molecular weight is 456 g/mol. The Morgan fingerprint density at radius 2 is 1.97 bits per heavy atom. The molecule has 2 amide bonds. The van der Waals surface area contributed by atoms with Crippen LogP contribution in [-0.2, 0) is 14.3 Å². The molecule has 1 aromatic heterocycles. The molecule has 3 heterocycles. The Bertz CT molecular complexity index is 747. The standard InChI is InChI=1S/C20H30ClN5O3S/c1-3-4-5-18(27)26-7-6-25(13-15(26)2)17-12-16(21)22-20(23-17)30-14-19(28)24-8-10-29-11-9-24/h12,15H,3-11,13-14H2,1-2H3. The van der Waals surface area contributed by atoms with E-state index in [4.69, 9.17) is 16.3 Å². The van der Waals surface area contributed by atoms with Crippen LogP contribution in [0.1, 0.15) is 33.1 Å². The van der Waals surface area contributed by atoms with Crippen LogP contribution in [0, 0.1) is 0 Å². The van der Waals surface area contributed by atoms with Crippen LogP contribution in [0.2, 0.25) is 5.15 Å². The van der Waals surface area contributed by atoms with Gasteiger partial charge in [0.15, 0.2) is 5.16 Å². The topological polar surface area (TPSA) is 78.9 Å². The molecule has 3 rings (SSSR count). The van der Waals surface area contributed by atoms with Crippen LogP contribution < -0.4 is 4.90 Å². The number of rotatable bonds is 7. The fourth-order valence-electron chi connectivity index (χ4n) is 3.65. The van der Waals surface area contributed by atoms with Crippen LogP contribution in [-0.4, -0.2) is 89.3 Å². The first-order valence-corrected chi connectivity index (χ1v) is 11.9. The molecule has 2 fully saturated rings. The van der Waals surface area contributed by atoms with Crippen LogP contribution in [0.5, 0.6) is 0 Å². The number of halogens is 1. The molecule has 0 aliphatic carbocycles. The minimum atomic E-state index is 0.0567. The van der Waals surface area contributed by atoms with Crippen molar-refractivity contribution in [1.82, 2.24) is 19.8 Å².